The molecule has 1 aromatic rings. The van der Waals surface area contributed by atoms with Gasteiger partial charge in [0.05, 0.1) is 0 Å². The SMILES string of the molecule is CC1CCC(OC(=O)COc2cccnc2[N+](=O)[O-])CC1. The van der Waals surface area contributed by atoms with E-state index in [-0.39, 0.29) is 18.5 Å². The monoisotopic (exact) mass is 294 g/mol. The molecule has 0 unspecified atom stereocenters. The Balaban J connectivity index is 1.83. The zero-order valence-electron chi connectivity index (χ0n) is 11.9. The van der Waals surface area contributed by atoms with Gasteiger partial charge in [0.2, 0.25) is 5.75 Å². The van der Waals surface area contributed by atoms with Gasteiger partial charge in [0.1, 0.15) is 12.3 Å². The highest BCUT2D eigenvalue weighted by molar-refractivity contribution is 5.71. The number of esters is 1. The Hall–Kier alpha value is -2.18. The summed E-state index contributed by atoms with van der Waals surface area (Å²) in [6.45, 7) is 1.83. The van der Waals surface area contributed by atoms with Crippen LogP contribution in [0.1, 0.15) is 32.6 Å². The predicted molar refractivity (Wildman–Crippen MR) is 73.9 cm³/mol. The fourth-order valence-corrected chi connectivity index (χ4v) is 2.34. The maximum Gasteiger partial charge on any atom is 0.406 e. The van der Waals surface area contributed by atoms with E-state index in [0.29, 0.717) is 5.92 Å². The van der Waals surface area contributed by atoms with Gasteiger partial charge in [-0.2, -0.15) is 0 Å². The lowest BCUT2D eigenvalue weighted by Crippen LogP contribution is -2.26. The topological polar surface area (TPSA) is 91.6 Å². The number of carbonyl (C=O) groups excluding carboxylic acids is 1. The zero-order chi connectivity index (χ0) is 15.2. The average Bonchev–Trinajstić information content (AvgIpc) is 2.48. The molecule has 0 N–H and O–H groups in total. The Morgan fingerprint density at radius 1 is 1.43 bits per heavy atom. The fourth-order valence-electron chi connectivity index (χ4n) is 2.34. The number of aromatic nitrogens is 1. The van der Waals surface area contributed by atoms with Crippen LogP contribution in [0.5, 0.6) is 5.75 Å². The highest BCUT2D eigenvalue weighted by atomic mass is 16.6. The van der Waals surface area contributed by atoms with Crippen molar-refractivity contribution in [2.24, 2.45) is 5.92 Å². The number of ether oxygens (including phenoxy) is 2. The summed E-state index contributed by atoms with van der Waals surface area (Å²) in [4.78, 5) is 25.4. The normalized spacial score (nSPS) is 21.6. The van der Waals surface area contributed by atoms with Crippen LogP contribution in [-0.2, 0) is 9.53 Å². The molecule has 0 aliphatic heterocycles. The van der Waals surface area contributed by atoms with Crippen molar-refractivity contribution in [3.63, 3.8) is 0 Å². The van der Waals surface area contributed by atoms with Gasteiger partial charge in [-0.25, -0.2) is 4.79 Å². The van der Waals surface area contributed by atoms with Crippen LogP contribution >= 0.6 is 0 Å². The molecule has 0 atom stereocenters. The second kappa shape index (κ2) is 7.01. The van der Waals surface area contributed by atoms with Crippen LogP contribution in [0.4, 0.5) is 5.82 Å². The van der Waals surface area contributed by atoms with E-state index in [1.54, 1.807) is 0 Å². The quantitative estimate of drug-likeness (QED) is 0.470. The van der Waals surface area contributed by atoms with Crippen molar-refractivity contribution < 1.29 is 19.2 Å². The van der Waals surface area contributed by atoms with E-state index < -0.39 is 16.7 Å². The summed E-state index contributed by atoms with van der Waals surface area (Å²) in [6.07, 6.45) is 5.05. The van der Waals surface area contributed by atoms with E-state index in [9.17, 15) is 14.9 Å². The smallest absolute Gasteiger partial charge is 0.406 e. The first-order valence-corrected chi connectivity index (χ1v) is 6.98. The van der Waals surface area contributed by atoms with Crippen molar-refractivity contribution in [3.05, 3.63) is 28.4 Å². The average molecular weight is 294 g/mol. The van der Waals surface area contributed by atoms with E-state index in [1.165, 1.54) is 18.3 Å². The first kappa shape index (κ1) is 15.2. The lowest BCUT2D eigenvalue weighted by molar-refractivity contribution is -0.390. The molecule has 1 aromatic heterocycles. The molecule has 0 saturated heterocycles. The van der Waals surface area contributed by atoms with Gasteiger partial charge in [0.15, 0.2) is 6.61 Å². The maximum atomic E-state index is 11.7. The van der Waals surface area contributed by atoms with Gasteiger partial charge in [-0.3, -0.25) is 0 Å². The molecule has 1 aliphatic rings. The largest absolute Gasteiger partial charge is 0.474 e. The maximum absolute atomic E-state index is 11.7. The molecular weight excluding hydrogens is 276 g/mol. The van der Waals surface area contributed by atoms with Crippen molar-refractivity contribution in [1.29, 1.82) is 0 Å². The summed E-state index contributed by atoms with van der Waals surface area (Å²) in [7, 11) is 0. The molecule has 0 aromatic carbocycles. The Morgan fingerprint density at radius 2 is 2.14 bits per heavy atom. The summed E-state index contributed by atoms with van der Waals surface area (Å²) >= 11 is 0. The van der Waals surface area contributed by atoms with Crippen LogP contribution in [0.2, 0.25) is 0 Å². The van der Waals surface area contributed by atoms with Crippen LogP contribution in [0.25, 0.3) is 0 Å². The van der Waals surface area contributed by atoms with Gasteiger partial charge in [-0.05, 0) is 53.6 Å². The lowest BCUT2D eigenvalue weighted by atomic mass is 9.89. The predicted octanol–water partition coefficient (Wildman–Crippen LogP) is 2.49. The first-order chi connectivity index (χ1) is 10.1. The van der Waals surface area contributed by atoms with Gasteiger partial charge in [0.25, 0.3) is 0 Å². The van der Waals surface area contributed by atoms with Crippen molar-refractivity contribution in [3.8, 4) is 5.75 Å². The Bertz CT molecular complexity index is 512. The summed E-state index contributed by atoms with van der Waals surface area (Å²) in [5.41, 5.74) is 0. The molecule has 114 valence electrons. The van der Waals surface area contributed by atoms with Crippen LogP contribution < -0.4 is 4.74 Å². The van der Waals surface area contributed by atoms with Gasteiger partial charge < -0.3 is 19.6 Å². The van der Waals surface area contributed by atoms with Crippen molar-refractivity contribution in [2.45, 2.75) is 38.7 Å². The number of nitrogens with zero attached hydrogens (tertiary/aromatic N) is 2. The number of carbonyl (C=O) groups is 1. The van der Waals surface area contributed by atoms with Crippen LogP contribution in [0.15, 0.2) is 18.3 Å². The minimum Gasteiger partial charge on any atom is -0.474 e. The van der Waals surface area contributed by atoms with E-state index in [0.717, 1.165) is 25.7 Å². The summed E-state index contributed by atoms with van der Waals surface area (Å²) in [5, 5.41) is 10.8. The molecular formula is C14H18N2O5. The molecule has 1 fully saturated rings. The standard InChI is InChI=1S/C14H18N2O5/c1-10-4-6-11(7-5-10)21-13(17)9-20-12-3-2-8-15-14(12)16(18)19/h2-3,8,10-11H,4-7,9H2,1H3. The van der Waals surface area contributed by atoms with E-state index in [4.69, 9.17) is 9.47 Å². The van der Waals surface area contributed by atoms with Crippen LogP contribution in [-0.4, -0.2) is 28.6 Å². The van der Waals surface area contributed by atoms with Crippen molar-refractivity contribution >= 4 is 11.8 Å². The Kier molecular flexibility index (Phi) is 5.08. The molecule has 1 saturated carbocycles. The highest BCUT2D eigenvalue weighted by Crippen LogP contribution is 2.26. The third-order valence-electron chi connectivity index (χ3n) is 3.53. The molecule has 0 amide bonds. The van der Waals surface area contributed by atoms with Crippen molar-refractivity contribution in [1.82, 2.24) is 4.98 Å². The molecule has 21 heavy (non-hydrogen) atoms. The molecule has 2 rings (SSSR count). The van der Waals surface area contributed by atoms with Gasteiger partial charge in [-0.1, -0.05) is 6.92 Å². The van der Waals surface area contributed by atoms with Gasteiger partial charge in [-0.15, -0.1) is 0 Å². The molecule has 0 bridgehead atoms. The minimum atomic E-state index is -0.650. The molecule has 7 heteroatoms. The van der Waals surface area contributed by atoms with E-state index in [1.807, 2.05) is 0 Å². The molecule has 7 nitrogen and oxygen atoms in total. The lowest BCUT2D eigenvalue weighted by Gasteiger charge is -2.25. The minimum absolute atomic E-state index is 0.0308. The third kappa shape index (κ3) is 4.40. The Morgan fingerprint density at radius 3 is 2.81 bits per heavy atom. The third-order valence-corrected chi connectivity index (χ3v) is 3.53. The zero-order valence-corrected chi connectivity index (χ0v) is 11.9. The van der Waals surface area contributed by atoms with Crippen LogP contribution in [0.3, 0.4) is 0 Å². The molecule has 1 heterocycles. The summed E-state index contributed by atoms with van der Waals surface area (Å²) < 4.78 is 10.5. The molecule has 0 radical (unpaired) electrons. The van der Waals surface area contributed by atoms with Gasteiger partial charge >= 0.3 is 11.8 Å². The number of nitro groups is 1. The molecule has 0 spiro atoms. The van der Waals surface area contributed by atoms with E-state index in [2.05, 4.69) is 11.9 Å². The number of rotatable bonds is 5. The first-order valence-electron chi connectivity index (χ1n) is 6.98. The second-order valence-corrected chi connectivity index (χ2v) is 5.24. The highest BCUT2D eigenvalue weighted by Gasteiger charge is 2.22. The number of pyridine rings is 1. The molecule has 1 aliphatic carbocycles. The summed E-state index contributed by atoms with van der Waals surface area (Å²) in [6, 6.07) is 2.91. The number of hydrogen-bond acceptors (Lipinski definition) is 6. The number of hydrogen-bond donors (Lipinski definition) is 0. The van der Waals surface area contributed by atoms with E-state index >= 15 is 0 Å². The Labute approximate surface area is 122 Å². The second-order valence-electron chi connectivity index (χ2n) is 5.24. The van der Waals surface area contributed by atoms with Crippen LogP contribution in [0, 0.1) is 16.0 Å². The fraction of sp³-hybridized carbons (Fsp3) is 0.571. The van der Waals surface area contributed by atoms with Gasteiger partial charge in [0, 0.05) is 0 Å². The summed E-state index contributed by atoms with van der Waals surface area (Å²) in [5.74, 6) is -0.268. The van der Waals surface area contributed by atoms with Crippen molar-refractivity contribution in [2.75, 3.05) is 6.61 Å².